The zero-order valence-corrected chi connectivity index (χ0v) is 11.9. The summed E-state index contributed by atoms with van der Waals surface area (Å²) >= 11 is 0. The van der Waals surface area contributed by atoms with E-state index in [9.17, 15) is 15.0 Å². The zero-order chi connectivity index (χ0) is 14.3. The number of benzene rings is 1. The maximum absolute atomic E-state index is 11.9. The van der Waals surface area contributed by atoms with Crippen molar-refractivity contribution in [3.05, 3.63) is 23.3 Å². The molecule has 0 atom stereocenters. The number of nitrogens with zero attached hydrogens (tertiary/aromatic N) is 1. The molecule has 1 aromatic rings. The molecular weight excluding hydrogens is 254 g/mol. The van der Waals surface area contributed by atoms with Gasteiger partial charge < -0.3 is 15.1 Å². The van der Waals surface area contributed by atoms with Gasteiger partial charge in [0, 0.05) is 30.4 Å². The SMILES string of the molecule is CN1CCc2c1ccc(C1(C(=O)O)CCCCC1)c2O. The van der Waals surface area contributed by atoms with Crippen molar-refractivity contribution < 1.29 is 15.0 Å². The zero-order valence-electron chi connectivity index (χ0n) is 11.9. The third kappa shape index (κ3) is 1.78. The average Bonchev–Trinajstić information content (AvgIpc) is 2.82. The van der Waals surface area contributed by atoms with Crippen LogP contribution in [0, 0.1) is 0 Å². The molecule has 3 rings (SSSR count). The van der Waals surface area contributed by atoms with Crippen LogP contribution in [0.15, 0.2) is 12.1 Å². The lowest BCUT2D eigenvalue weighted by Crippen LogP contribution is -2.38. The first-order valence-corrected chi connectivity index (χ1v) is 7.36. The summed E-state index contributed by atoms with van der Waals surface area (Å²) in [5.41, 5.74) is 1.68. The van der Waals surface area contributed by atoms with Crippen LogP contribution in [0.5, 0.6) is 5.75 Å². The molecule has 20 heavy (non-hydrogen) atoms. The van der Waals surface area contributed by atoms with Crippen LogP contribution in [-0.4, -0.2) is 29.8 Å². The van der Waals surface area contributed by atoms with Crippen molar-refractivity contribution >= 4 is 11.7 Å². The Morgan fingerprint density at radius 1 is 1.25 bits per heavy atom. The van der Waals surface area contributed by atoms with E-state index < -0.39 is 11.4 Å². The number of likely N-dealkylation sites (N-methyl/N-ethyl adjacent to an activating group) is 1. The highest BCUT2D eigenvalue weighted by Crippen LogP contribution is 2.47. The van der Waals surface area contributed by atoms with E-state index in [0.717, 1.165) is 43.5 Å². The summed E-state index contributed by atoms with van der Waals surface area (Å²) < 4.78 is 0. The van der Waals surface area contributed by atoms with Gasteiger partial charge in [-0.15, -0.1) is 0 Å². The molecule has 1 heterocycles. The van der Waals surface area contributed by atoms with Crippen LogP contribution in [0.2, 0.25) is 0 Å². The smallest absolute Gasteiger partial charge is 0.314 e. The Morgan fingerprint density at radius 2 is 1.95 bits per heavy atom. The highest BCUT2D eigenvalue weighted by Gasteiger charge is 2.44. The summed E-state index contributed by atoms with van der Waals surface area (Å²) in [5, 5.41) is 20.3. The van der Waals surface area contributed by atoms with Crippen LogP contribution in [0.1, 0.15) is 43.2 Å². The third-order valence-corrected chi connectivity index (χ3v) is 5.00. The predicted molar refractivity (Wildman–Crippen MR) is 77.5 cm³/mol. The number of carbonyl (C=O) groups is 1. The van der Waals surface area contributed by atoms with Crippen LogP contribution in [0.25, 0.3) is 0 Å². The second kappa shape index (κ2) is 4.69. The van der Waals surface area contributed by atoms with Crippen molar-refractivity contribution in [3.8, 4) is 5.75 Å². The van der Waals surface area contributed by atoms with Crippen LogP contribution in [-0.2, 0) is 16.6 Å². The fourth-order valence-electron chi connectivity index (χ4n) is 3.77. The minimum atomic E-state index is -0.890. The maximum atomic E-state index is 11.9. The molecule has 0 amide bonds. The minimum absolute atomic E-state index is 0.219. The molecule has 0 spiro atoms. The largest absolute Gasteiger partial charge is 0.507 e. The maximum Gasteiger partial charge on any atom is 0.314 e. The first kappa shape index (κ1) is 13.3. The molecule has 1 aliphatic carbocycles. The molecule has 1 aliphatic heterocycles. The number of aliphatic carboxylic acids is 1. The van der Waals surface area contributed by atoms with Gasteiger partial charge in [0.2, 0.25) is 0 Å². The molecule has 108 valence electrons. The van der Waals surface area contributed by atoms with Gasteiger partial charge in [-0.25, -0.2) is 0 Å². The number of aromatic hydroxyl groups is 1. The first-order valence-electron chi connectivity index (χ1n) is 7.36. The number of hydrogen-bond donors (Lipinski definition) is 2. The van der Waals surface area contributed by atoms with Gasteiger partial charge in [0.15, 0.2) is 0 Å². The van der Waals surface area contributed by atoms with Gasteiger partial charge in [0.05, 0.1) is 5.41 Å². The van der Waals surface area contributed by atoms with E-state index in [1.807, 2.05) is 19.2 Å². The van der Waals surface area contributed by atoms with E-state index >= 15 is 0 Å². The Morgan fingerprint density at radius 3 is 2.60 bits per heavy atom. The van der Waals surface area contributed by atoms with Crippen molar-refractivity contribution in [2.75, 3.05) is 18.5 Å². The van der Waals surface area contributed by atoms with Crippen LogP contribution >= 0.6 is 0 Å². The number of fused-ring (bicyclic) bond motifs is 1. The van der Waals surface area contributed by atoms with Gasteiger partial charge in [-0.2, -0.15) is 0 Å². The Bertz CT molecular complexity index is 547. The molecule has 1 saturated carbocycles. The molecule has 1 fully saturated rings. The molecular formula is C16H21NO3. The number of carboxylic acid groups (broad SMARTS) is 1. The molecule has 0 aromatic heterocycles. The number of phenols is 1. The fraction of sp³-hybridized carbons (Fsp3) is 0.562. The van der Waals surface area contributed by atoms with Crippen molar-refractivity contribution in [2.24, 2.45) is 0 Å². The quantitative estimate of drug-likeness (QED) is 0.871. The molecule has 0 bridgehead atoms. The normalized spacial score (nSPS) is 20.8. The van der Waals surface area contributed by atoms with Crippen molar-refractivity contribution in [1.82, 2.24) is 0 Å². The van der Waals surface area contributed by atoms with E-state index in [1.54, 1.807) is 0 Å². The van der Waals surface area contributed by atoms with Crippen molar-refractivity contribution in [2.45, 2.75) is 43.9 Å². The predicted octanol–water partition coefficient (Wildman–Crippen LogP) is 2.67. The summed E-state index contributed by atoms with van der Waals surface area (Å²) in [7, 11) is 2.00. The molecule has 0 saturated heterocycles. The van der Waals surface area contributed by atoms with Gasteiger partial charge in [0.25, 0.3) is 0 Å². The van der Waals surface area contributed by atoms with Gasteiger partial charge in [-0.3, -0.25) is 4.79 Å². The average molecular weight is 275 g/mol. The molecule has 0 radical (unpaired) electrons. The van der Waals surface area contributed by atoms with Crippen LogP contribution in [0.4, 0.5) is 5.69 Å². The molecule has 2 N–H and O–H groups in total. The Hall–Kier alpha value is -1.71. The number of phenolic OH excluding ortho intramolecular Hbond substituents is 1. The summed E-state index contributed by atoms with van der Waals surface area (Å²) in [6, 6.07) is 3.80. The second-order valence-electron chi connectivity index (χ2n) is 6.08. The molecule has 1 aromatic carbocycles. The third-order valence-electron chi connectivity index (χ3n) is 5.00. The molecule has 0 unspecified atom stereocenters. The first-order chi connectivity index (χ1) is 9.56. The molecule has 4 nitrogen and oxygen atoms in total. The molecule has 2 aliphatic rings. The van der Waals surface area contributed by atoms with E-state index in [0.29, 0.717) is 18.4 Å². The standard InChI is InChI=1S/C16H21NO3/c1-17-10-7-11-13(17)6-5-12(14(11)18)16(15(19)20)8-3-2-4-9-16/h5-6,18H,2-4,7-10H2,1H3,(H,19,20). The van der Waals surface area contributed by atoms with Gasteiger partial charge >= 0.3 is 5.97 Å². The lowest BCUT2D eigenvalue weighted by atomic mass is 9.68. The van der Waals surface area contributed by atoms with Crippen LogP contribution < -0.4 is 4.90 Å². The highest BCUT2D eigenvalue weighted by atomic mass is 16.4. The Kier molecular flexibility index (Phi) is 3.11. The van der Waals surface area contributed by atoms with Gasteiger partial charge in [0.1, 0.15) is 5.75 Å². The van der Waals surface area contributed by atoms with Gasteiger partial charge in [-0.1, -0.05) is 25.3 Å². The van der Waals surface area contributed by atoms with Crippen molar-refractivity contribution in [3.63, 3.8) is 0 Å². The molecule has 4 heteroatoms. The second-order valence-corrected chi connectivity index (χ2v) is 6.08. The monoisotopic (exact) mass is 275 g/mol. The Balaban J connectivity index is 2.11. The lowest BCUT2D eigenvalue weighted by Gasteiger charge is -2.34. The number of carboxylic acids is 1. The van der Waals surface area contributed by atoms with E-state index in [-0.39, 0.29) is 5.75 Å². The number of anilines is 1. The van der Waals surface area contributed by atoms with Gasteiger partial charge in [-0.05, 0) is 25.3 Å². The number of hydrogen-bond acceptors (Lipinski definition) is 3. The number of rotatable bonds is 2. The van der Waals surface area contributed by atoms with E-state index in [2.05, 4.69) is 4.90 Å². The van der Waals surface area contributed by atoms with E-state index in [4.69, 9.17) is 0 Å². The highest BCUT2D eigenvalue weighted by molar-refractivity contribution is 5.84. The summed E-state index contributed by atoms with van der Waals surface area (Å²) in [6.45, 7) is 0.881. The minimum Gasteiger partial charge on any atom is -0.507 e. The lowest BCUT2D eigenvalue weighted by molar-refractivity contribution is -0.145. The van der Waals surface area contributed by atoms with Crippen molar-refractivity contribution in [1.29, 1.82) is 0 Å². The van der Waals surface area contributed by atoms with Crippen LogP contribution in [0.3, 0.4) is 0 Å². The van der Waals surface area contributed by atoms with E-state index in [1.165, 1.54) is 0 Å². The summed E-state index contributed by atoms with van der Waals surface area (Å²) in [6.07, 6.45) is 4.98. The fourth-order valence-corrected chi connectivity index (χ4v) is 3.77. The summed E-state index contributed by atoms with van der Waals surface area (Å²) in [4.78, 5) is 14.0. The topological polar surface area (TPSA) is 60.8 Å². The summed E-state index contributed by atoms with van der Waals surface area (Å²) in [5.74, 6) is -0.574. The Labute approximate surface area is 119 Å².